The van der Waals surface area contributed by atoms with Crippen LogP contribution in [-0.2, 0) is 10.8 Å². The van der Waals surface area contributed by atoms with Gasteiger partial charge in [-0.3, -0.25) is 0 Å². The first-order valence-corrected chi connectivity index (χ1v) is 30.3. The lowest BCUT2D eigenvalue weighted by molar-refractivity contribution is 0.443. The molecule has 0 N–H and O–H groups in total. The van der Waals surface area contributed by atoms with Crippen LogP contribution < -0.4 is 14.4 Å². The van der Waals surface area contributed by atoms with Gasteiger partial charge in [-0.15, -0.1) is 0 Å². The number of hydrogen-bond acceptors (Lipinski definition) is 3. The van der Waals surface area contributed by atoms with Crippen molar-refractivity contribution in [3.63, 3.8) is 0 Å². The van der Waals surface area contributed by atoms with Gasteiger partial charge in [-0.05, 0) is 215 Å². The number of nitrogens with zero attached hydrogens (tertiary/aromatic N) is 1. The quantitative estimate of drug-likeness (QED) is 0.0754. The molecule has 15 rings (SSSR count). The Labute approximate surface area is 534 Å². The lowest BCUT2D eigenvalue weighted by Crippen LogP contribution is -2.30. The van der Waals surface area contributed by atoms with Crippen molar-refractivity contribution in [1.29, 1.82) is 0 Å². The number of halogens is 6. The van der Waals surface area contributed by atoms with Crippen LogP contribution in [0, 0.1) is 34.9 Å². The summed E-state index contributed by atoms with van der Waals surface area (Å²) in [7, 11) is 0. The molecule has 3 nitrogen and oxygen atoms in total. The summed E-state index contributed by atoms with van der Waals surface area (Å²) in [6, 6.07) is 87.9. The van der Waals surface area contributed by atoms with Crippen molar-refractivity contribution in [2.75, 3.05) is 4.90 Å². The molecule has 0 radical (unpaired) electrons. The summed E-state index contributed by atoms with van der Waals surface area (Å²) in [5.41, 5.74) is 12.1. The minimum Gasteiger partial charge on any atom is -0.457 e. The van der Waals surface area contributed by atoms with E-state index < -0.39 is 45.7 Å². The van der Waals surface area contributed by atoms with E-state index in [-0.39, 0.29) is 11.1 Å². The number of ether oxygens (including phenoxy) is 2. The number of anilines is 3. The van der Waals surface area contributed by atoms with Gasteiger partial charge < -0.3 is 14.4 Å². The Kier molecular flexibility index (Phi) is 14.5. The fourth-order valence-corrected chi connectivity index (χ4v) is 13.9. The van der Waals surface area contributed by atoms with Gasteiger partial charge in [-0.2, -0.15) is 0 Å². The lowest BCUT2D eigenvalue weighted by Gasteiger charge is -2.36. The summed E-state index contributed by atoms with van der Waals surface area (Å²) in [5.74, 6) is -6.44. The van der Waals surface area contributed by atoms with Gasteiger partial charge in [0.25, 0.3) is 0 Å². The van der Waals surface area contributed by atoms with Crippen LogP contribution in [0.15, 0.2) is 298 Å². The van der Waals surface area contributed by atoms with Crippen molar-refractivity contribution in [3.8, 4) is 67.5 Å². The molecule has 0 heterocycles. The van der Waals surface area contributed by atoms with E-state index in [1.165, 1.54) is 0 Å². The van der Waals surface area contributed by atoms with E-state index in [9.17, 15) is 0 Å². The second kappa shape index (κ2) is 23.3. The van der Waals surface area contributed by atoms with Gasteiger partial charge in [0, 0.05) is 17.1 Å². The fraction of sp³-hybridized carbons (Fsp3) is 0.0238. The highest BCUT2D eigenvalue weighted by Crippen LogP contribution is 2.60. The SMILES string of the molecule is C=Cc1ccc(Oc2ccc(C3(c4cc(F)c(F)c(F)c4)c4ccccc4-c4ccc(N(c5ccc(-c6cccc(-c7ccccc7)c6)cc5)c5ccc6c(c5)C(c5ccc(Oc7ccc(C=C)cc7)cc5)(c5cc(F)c(F)c(F)c5)c5ccccc5-6)cc43)cc2)cc1. The van der Waals surface area contributed by atoms with Gasteiger partial charge in [0.15, 0.2) is 34.9 Å². The molecule has 0 saturated carbocycles. The third-order valence-electron chi connectivity index (χ3n) is 18.1. The topological polar surface area (TPSA) is 21.7 Å². The molecule has 0 amide bonds. The Morgan fingerprint density at radius 1 is 0.280 bits per heavy atom. The Morgan fingerprint density at radius 3 is 1.03 bits per heavy atom. The smallest absolute Gasteiger partial charge is 0.194 e. The van der Waals surface area contributed by atoms with Crippen LogP contribution in [0.25, 0.3) is 56.7 Å². The van der Waals surface area contributed by atoms with Crippen molar-refractivity contribution in [1.82, 2.24) is 0 Å². The number of hydrogen-bond donors (Lipinski definition) is 0. The predicted octanol–water partition coefficient (Wildman–Crippen LogP) is 22.9. The van der Waals surface area contributed by atoms with E-state index in [4.69, 9.17) is 9.47 Å². The minimum atomic E-state index is -1.60. The highest BCUT2D eigenvalue weighted by molar-refractivity contribution is 5.93. The zero-order valence-corrected chi connectivity index (χ0v) is 49.7. The molecule has 93 heavy (non-hydrogen) atoms. The van der Waals surface area contributed by atoms with Crippen LogP contribution in [0.1, 0.15) is 55.6 Å². The number of fused-ring (bicyclic) bond motifs is 6. The van der Waals surface area contributed by atoms with Crippen LogP contribution in [0.5, 0.6) is 23.0 Å². The van der Waals surface area contributed by atoms with Crippen molar-refractivity contribution >= 4 is 29.2 Å². The van der Waals surface area contributed by atoms with Crippen LogP contribution in [0.2, 0.25) is 0 Å². The summed E-state index contributed by atoms with van der Waals surface area (Å²) in [6.07, 6.45) is 3.48. The lowest BCUT2D eigenvalue weighted by atomic mass is 9.67. The first kappa shape index (κ1) is 57.7. The van der Waals surface area contributed by atoms with Gasteiger partial charge in [0.05, 0.1) is 10.8 Å². The molecule has 2 atom stereocenters. The maximum Gasteiger partial charge on any atom is 0.194 e. The summed E-state index contributed by atoms with van der Waals surface area (Å²) < 4.78 is 108. The maximum absolute atomic E-state index is 16.2. The van der Waals surface area contributed by atoms with Crippen LogP contribution in [-0.4, -0.2) is 0 Å². The van der Waals surface area contributed by atoms with E-state index in [0.29, 0.717) is 73.4 Å². The van der Waals surface area contributed by atoms with Crippen LogP contribution in [0.4, 0.5) is 43.4 Å². The molecule has 0 spiro atoms. The first-order valence-electron chi connectivity index (χ1n) is 30.3. The summed E-state index contributed by atoms with van der Waals surface area (Å²) >= 11 is 0. The fourth-order valence-electron chi connectivity index (χ4n) is 13.9. The molecular formula is C84H53F6NO2. The zero-order chi connectivity index (χ0) is 63.5. The predicted molar refractivity (Wildman–Crippen MR) is 360 cm³/mol. The monoisotopic (exact) mass is 1220 g/mol. The van der Waals surface area contributed by atoms with E-state index >= 15 is 26.3 Å². The molecule has 13 aromatic rings. The molecule has 0 bridgehead atoms. The second-order valence-corrected chi connectivity index (χ2v) is 23.2. The molecule has 0 aliphatic heterocycles. The average Bonchev–Trinajstić information content (AvgIpc) is 1.57. The molecule has 0 saturated heterocycles. The number of benzene rings is 13. The van der Waals surface area contributed by atoms with E-state index in [1.54, 1.807) is 36.4 Å². The Bertz CT molecular complexity index is 4770. The van der Waals surface area contributed by atoms with Crippen molar-refractivity contribution < 1.29 is 35.8 Å². The first-order chi connectivity index (χ1) is 45.4. The van der Waals surface area contributed by atoms with E-state index in [0.717, 1.165) is 79.9 Å². The molecule has 0 fully saturated rings. The normalized spacial score (nSPS) is 14.9. The Balaban J connectivity index is 0.951. The van der Waals surface area contributed by atoms with E-state index in [2.05, 4.69) is 60.5 Å². The molecule has 2 aliphatic carbocycles. The van der Waals surface area contributed by atoms with Gasteiger partial charge in [-0.1, -0.05) is 195 Å². The van der Waals surface area contributed by atoms with Gasteiger partial charge in [-0.25, -0.2) is 26.3 Å². The number of rotatable bonds is 15. The minimum absolute atomic E-state index is 0.144. The summed E-state index contributed by atoms with van der Waals surface area (Å²) in [6.45, 7) is 7.72. The average molecular weight is 1220 g/mol. The van der Waals surface area contributed by atoms with Crippen molar-refractivity contribution in [3.05, 3.63) is 389 Å². The molecular weight excluding hydrogens is 1170 g/mol. The molecule has 0 aromatic heterocycles. The largest absolute Gasteiger partial charge is 0.457 e. The highest BCUT2D eigenvalue weighted by Gasteiger charge is 2.49. The van der Waals surface area contributed by atoms with Crippen molar-refractivity contribution in [2.45, 2.75) is 10.8 Å². The molecule has 13 aromatic carbocycles. The standard InChI is InChI=1S/C84H53F6NO2/c1-3-52-21-35-65(36-22-52)92-67-39-27-58(28-40-67)83(60-46-77(85)81(89)78(86)47-60)73-19-10-8-17-69(73)71-43-33-63(50-75(71)83)91(62-31-25-55(26-32-62)57-16-12-15-56(45-57)54-13-6-5-7-14-54)64-34-44-72-70-18-9-11-20-74(70)84(76(72)51-64,61-48-79(87)82(90)80(88)49-61)59-29-41-68(42-30-59)93-66-37-23-53(4-2)24-38-66/h3-51H,1-2H2. The van der Waals surface area contributed by atoms with E-state index in [1.807, 2.05) is 194 Å². The van der Waals surface area contributed by atoms with Crippen molar-refractivity contribution in [2.24, 2.45) is 0 Å². The zero-order valence-electron chi connectivity index (χ0n) is 49.7. The summed E-state index contributed by atoms with van der Waals surface area (Å²) in [5, 5.41) is 0. The highest BCUT2D eigenvalue weighted by atomic mass is 19.2. The molecule has 2 aliphatic rings. The van der Waals surface area contributed by atoms with Gasteiger partial charge >= 0.3 is 0 Å². The van der Waals surface area contributed by atoms with Gasteiger partial charge in [0.1, 0.15) is 23.0 Å². The Morgan fingerprint density at radius 2 is 0.624 bits per heavy atom. The second-order valence-electron chi connectivity index (χ2n) is 23.2. The molecule has 9 heteroatoms. The van der Waals surface area contributed by atoms with Gasteiger partial charge in [0.2, 0.25) is 0 Å². The summed E-state index contributed by atoms with van der Waals surface area (Å²) in [4.78, 5) is 2.08. The van der Waals surface area contributed by atoms with Crippen LogP contribution >= 0.6 is 0 Å². The molecule has 448 valence electrons. The third kappa shape index (κ3) is 9.79. The van der Waals surface area contributed by atoms with Crippen LogP contribution in [0.3, 0.4) is 0 Å². The maximum atomic E-state index is 16.2. The third-order valence-corrected chi connectivity index (χ3v) is 18.1. The Hall–Kier alpha value is -11.7. The molecule has 2 unspecified atom stereocenters.